The summed E-state index contributed by atoms with van der Waals surface area (Å²) in [7, 11) is 0. The molecule has 0 radical (unpaired) electrons. The second-order valence-electron chi connectivity index (χ2n) is 4.79. The molecule has 0 aliphatic carbocycles. The van der Waals surface area contributed by atoms with Crippen molar-refractivity contribution in [2.75, 3.05) is 5.32 Å². The zero-order valence-corrected chi connectivity index (χ0v) is 12.7. The Bertz CT molecular complexity index is 719. The minimum atomic E-state index is -0.670. The number of hydrogen-bond acceptors (Lipinski definition) is 6. The second kappa shape index (κ2) is 7.08. The Kier molecular flexibility index (Phi) is 4.70. The van der Waals surface area contributed by atoms with Crippen molar-refractivity contribution in [1.82, 2.24) is 5.32 Å². The lowest BCUT2D eigenvalue weighted by molar-refractivity contribution is -0.118. The summed E-state index contributed by atoms with van der Waals surface area (Å²) in [6.07, 6.45) is -0.670. The van der Waals surface area contributed by atoms with E-state index in [4.69, 9.17) is 11.6 Å². The summed E-state index contributed by atoms with van der Waals surface area (Å²) < 4.78 is 0. The quantitative estimate of drug-likeness (QED) is 0.875. The predicted molar refractivity (Wildman–Crippen MR) is 85.9 cm³/mol. The molecule has 116 valence electrons. The van der Waals surface area contributed by atoms with Gasteiger partial charge in [-0.05, 0) is 40.3 Å². The average molecular weight is 329 g/mol. The third kappa shape index (κ3) is 3.97. The maximum atomic E-state index is 12.6. The van der Waals surface area contributed by atoms with Crippen LogP contribution in [0, 0.1) is 0 Å². The second-order valence-corrected chi connectivity index (χ2v) is 5.23. The van der Waals surface area contributed by atoms with E-state index in [1.54, 1.807) is 24.3 Å². The summed E-state index contributed by atoms with van der Waals surface area (Å²) >= 11 is 5.85. The normalized spacial score (nSPS) is 14.8. The molecule has 3 rings (SSSR count). The molecule has 8 heteroatoms. The Hall–Kier alpha value is -2.64. The maximum absolute atomic E-state index is 12.6. The minimum Gasteiger partial charge on any atom is -0.324 e. The number of rotatable bonds is 5. The molecule has 2 N–H and O–H groups in total. The molecule has 1 heterocycles. The number of carbonyl (C=O) groups excluding carboxylic acids is 1. The van der Waals surface area contributed by atoms with E-state index in [0.717, 1.165) is 5.56 Å². The van der Waals surface area contributed by atoms with Crippen molar-refractivity contribution in [3.8, 4) is 0 Å². The van der Waals surface area contributed by atoms with Gasteiger partial charge in [0.25, 0.3) is 0 Å². The lowest BCUT2D eigenvalue weighted by atomic mass is 10.1. The number of benzene rings is 2. The van der Waals surface area contributed by atoms with Crippen molar-refractivity contribution in [2.24, 2.45) is 20.7 Å². The van der Waals surface area contributed by atoms with Crippen molar-refractivity contribution in [2.45, 2.75) is 12.3 Å². The van der Waals surface area contributed by atoms with Gasteiger partial charge in [-0.3, -0.25) is 10.1 Å². The highest BCUT2D eigenvalue weighted by Gasteiger charge is 2.25. The molecule has 0 bridgehead atoms. The van der Waals surface area contributed by atoms with E-state index in [1.165, 1.54) is 0 Å². The zero-order valence-electron chi connectivity index (χ0n) is 11.9. The predicted octanol–water partition coefficient (Wildman–Crippen LogP) is 3.73. The van der Waals surface area contributed by atoms with E-state index in [1.807, 2.05) is 30.3 Å². The summed E-state index contributed by atoms with van der Waals surface area (Å²) in [6.45, 7) is 0. The number of nitrogens with zero attached hydrogens (tertiary/aromatic N) is 4. The Morgan fingerprint density at radius 2 is 1.65 bits per heavy atom. The van der Waals surface area contributed by atoms with Crippen molar-refractivity contribution < 1.29 is 4.79 Å². The van der Waals surface area contributed by atoms with Crippen LogP contribution in [0.25, 0.3) is 0 Å². The molecular formula is C15H13ClN6O. The van der Waals surface area contributed by atoms with E-state index in [-0.39, 0.29) is 5.91 Å². The SMILES string of the molecule is O=C(Nc1ccc(Cl)cc1)[C@H](NC1N=NN=N1)c1ccccc1. The van der Waals surface area contributed by atoms with Crippen LogP contribution in [0.4, 0.5) is 5.69 Å². The third-order valence-corrected chi connectivity index (χ3v) is 3.44. The zero-order chi connectivity index (χ0) is 16.1. The monoisotopic (exact) mass is 328 g/mol. The highest BCUT2D eigenvalue weighted by Crippen LogP contribution is 2.19. The molecule has 0 unspecified atom stereocenters. The molecule has 0 saturated carbocycles. The Morgan fingerprint density at radius 3 is 2.30 bits per heavy atom. The van der Waals surface area contributed by atoms with Gasteiger partial charge in [0.05, 0.1) is 0 Å². The third-order valence-electron chi connectivity index (χ3n) is 3.18. The Balaban J connectivity index is 1.79. The molecule has 0 spiro atoms. The number of nitrogens with one attached hydrogen (secondary N) is 2. The molecule has 1 aliphatic heterocycles. The van der Waals surface area contributed by atoms with Crippen molar-refractivity contribution in [1.29, 1.82) is 0 Å². The van der Waals surface area contributed by atoms with Crippen LogP contribution >= 0.6 is 11.6 Å². The summed E-state index contributed by atoms with van der Waals surface area (Å²) in [5, 5.41) is 20.9. The number of halogens is 1. The number of amides is 1. The first-order chi connectivity index (χ1) is 11.2. The lowest BCUT2D eigenvalue weighted by Gasteiger charge is -2.19. The van der Waals surface area contributed by atoms with E-state index >= 15 is 0 Å². The summed E-state index contributed by atoms with van der Waals surface area (Å²) in [4.78, 5) is 12.6. The lowest BCUT2D eigenvalue weighted by Crippen LogP contribution is -2.37. The van der Waals surface area contributed by atoms with Crippen LogP contribution < -0.4 is 10.6 Å². The van der Waals surface area contributed by atoms with Gasteiger partial charge >= 0.3 is 0 Å². The van der Waals surface area contributed by atoms with Gasteiger partial charge in [0, 0.05) is 10.7 Å². The minimum absolute atomic E-state index is 0.240. The van der Waals surface area contributed by atoms with E-state index in [0.29, 0.717) is 10.7 Å². The molecule has 0 saturated heterocycles. The first-order valence-electron chi connectivity index (χ1n) is 6.90. The number of hydrogen-bond donors (Lipinski definition) is 2. The van der Waals surface area contributed by atoms with Crippen LogP contribution in [-0.4, -0.2) is 12.2 Å². The fourth-order valence-electron chi connectivity index (χ4n) is 2.10. The molecule has 23 heavy (non-hydrogen) atoms. The van der Waals surface area contributed by atoms with Crippen molar-refractivity contribution in [3.05, 3.63) is 65.2 Å². The largest absolute Gasteiger partial charge is 0.324 e. The highest BCUT2D eigenvalue weighted by molar-refractivity contribution is 6.30. The summed E-state index contributed by atoms with van der Waals surface area (Å²) in [5.74, 6) is -0.240. The first-order valence-corrected chi connectivity index (χ1v) is 7.27. The van der Waals surface area contributed by atoms with Gasteiger partial charge in [-0.25, -0.2) is 0 Å². The molecule has 2 aromatic carbocycles. The van der Waals surface area contributed by atoms with Crippen LogP contribution in [0.5, 0.6) is 0 Å². The van der Waals surface area contributed by atoms with Gasteiger partial charge in [0.1, 0.15) is 6.04 Å². The Morgan fingerprint density at radius 1 is 1.00 bits per heavy atom. The molecule has 1 amide bonds. The van der Waals surface area contributed by atoms with Crippen molar-refractivity contribution >= 4 is 23.2 Å². The topological polar surface area (TPSA) is 90.6 Å². The van der Waals surface area contributed by atoms with Crippen molar-refractivity contribution in [3.63, 3.8) is 0 Å². The standard InChI is InChI=1S/C15H13ClN6O/c16-11-6-8-12(9-7-11)17-14(23)13(10-4-2-1-3-5-10)18-15-19-21-22-20-15/h1-9,13,15,18H,(H,17,23)/t13-/m1/s1. The fraction of sp³-hybridized carbons (Fsp3) is 0.133. The first kappa shape index (κ1) is 15.3. The molecule has 7 nitrogen and oxygen atoms in total. The van der Waals surface area contributed by atoms with Crippen LogP contribution in [-0.2, 0) is 4.79 Å². The highest BCUT2D eigenvalue weighted by atomic mass is 35.5. The smallest absolute Gasteiger partial charge is 0.246 e. The van der Waals surface area contributed by atoms with Gasteiger partial charge in [0.2, 0.25) is 12.2 Å². The maximum Gasteiger partial charge on any atom is 0.246 e. The number of anilines is 1. The molecular weight excluding hydrogens is 316 g/mol. The molecule has 1 atom stereocenters. The van der Waals surface area contributed by atoms with Gasteiger partial charge in [0.15, 0.2) is 0 Å². The van der Waals surface area contributed by atoms with Gasteiger partial charge in [-0.2, -0.15) is 0 Å². The summed E-state index contributed by atoms with van der Waals surface area (Å²) in [5.41, 5.74) is 1.44. The van der Waals surface area contributed by atoms with E-state index in [2.05, 4.69) is 31.3 Å². The molecule has 0 aromatic heterocycles. The van der Waals surface area contributed by atoms with Gasteiger partial charge in [-0.15, -0.1) is 10.2 Å². The fourth-order valence-corrected chi connectivity index (χ4v) is 2.23. The molecule has 0 fully saturated rings. The van der Waals surface area contributed by atoms with Crippen LogP contribution in [0.2, 0.25) is 5.02 Å². The van der Waals surface area contributed by atoms with Crippen LogP contribution in [0.3, 0.4) is 0 Å². The molecule has 1 aliphatic rings. The average Bonchev–Trinajstić information content (AvgIpc) is 3.09. The van der Waals surface area contributed by atoms with Gasteiger partial charge in [-0.1, -0.05) is 41.9 Å². The van der Waals surface area contributed by atoms with E-state index in [9.17, 15) is 4.79 Å². The van der Waals surface area contributed by atoms with Crippen LogP contribution in [0.15, 0.2) is 75.3 Å². The number of carbonyl (C=O) groups is 1. The van der Waals surface area contributed by atoms with Crippen LogP contribution in [0.1, 0.15) is 11.6 Å². The molecule has 2 aromatic rings. The summed E-state index contributed by atoms with van der Waals surface area (Å²) in [6, 6.07) is 15.5. The van der Waals surface area contributed by atoms with E-state index < -0.39 is 12.3 Å². The van der Waals surface area contributed by atoms with Gasteiger partial charge < -0.3 is 5.32 Å². The Labute approximate surface area is 137 Å².